The highest BCUT2D eigenvalue weighted by molar-refractivity contribution is 8.03. The Bertz CT molecular complexity index is 900. The summed E-state index contributed by atoms with van der Waals surface area (Å²) in [6.07, 6.45) is 1.95. The second-order valence-electron chi connectivity index (χ2n) is 6.51. The van der Waals surface area contributed by atoms with Gasteiger partial charge in [-0.05, 0) is 29.8 Å². The summed E-state index contributed by atoms with van der Waals surface area (Å²) in [5, 5.41) is 10.6. The smallest absolute Gasteiger partial charge is 0.229 e. The molecule has 138 valence electrons. The van der Waals surface area contributed by atoms with Gasteiger partial charge < -0.3 is 9.15 Å². The van der Waals surface area contributed by atoms with E-state index in [0.29, 0.717) is 31.1 Å². The average molecular weight is 381 g/mol. The van der Waals surface area contributed by atoms with Crippen LogP contribution in [0.2, 0.25) is 0 Å². The number of methoxy groups -OCH3 is 1. The molecule has 4 rings (SSSR count). The first kappa shape index (κ1) is 17.7. The molecule has 3 heterocycles. The van der Waals surface area contributed by atoms with Crippen LogP contribution < -0.4 is 4.74 Å². The Morgan fingerprint density at radius 3 is 2.81 bits per heavy atom. The molecule has 1 atom stereocenters. The van der Waals surface area contributed by atoms with Crippen LogP contribution >= 0.6 is 11.8 Å². The van der Waals surface area contributed by atoms with E-state index in [2.05, 4.69) is 11.0 Å². The Labute approximate surface area is 162 Å². The van der Waals surface area contributed by atoms with E-state index in [1.54, 1.807) is 30.0 Å². The SMILES string of the molecule is COc1ccc([C@@H]2CC(=O)N3CN(Cc4ccco4)CSC3=C2C#N)cc1. The lowest BCUT2D eigenvalue weighted by molar-refractivity contribution is -0.132. The summed E-state index contributed by atoms with van der Waals surface area (Å²) < 4.78 is 10.6. The summed E-state index contributed by atoms with van der Waals surface area (Å²) in [5.41, 5.74) is 1.63. The predicted molar refractivity (Wildman–Crippen MR) is 101 cm³/mol. The fourth-order valence-electron chi connectivity index (χ4n) is 3.45. The van der Waals surface area contributed by atoms with Crippen LogP contribution in [-0.4, -0.2) is 35.4 Å². The third-order valence-electron chi connectivity index (χ3n) is 4.83. The van der Waals surface area contributed by atoms with Gasteiger partial charge in [0.1, 0.15) is 11.5 Å². The van der Waals surface area contributed by atoms with Gasteiger partial charge >= 0.3 is 0 Å². The van der Waals surface area contributed by atoms with Gasteiger partial charge in [0.05, 0.1) is 49.1 Å². The number of hydrogen-bond acceptors (Lipinski definition) is 6. The van der Waals surface area contributed by atoms with E-state index < -0.39 is 0 Å². The lowest BCUT2D eigenvalue weighted by atomic mass is 9.86. The normalized spacial score (nSPS) is 20.4. The van der Waals surface area contributed by atoms with Gasteiger partial charge in [-0.1, -0.05) is 23.9 Å². The summed E-state index contributed by atoms with van der Waals surface area (Å²) in [6, 6.07) is 13.7. The van der Waals surface area contributed by atoms with Crippen LogP contribution in [0.25, 0.3) is 0 Å². The molecule has 7 heteroatoms. The van der Waals surface area contributed by atoms with E-state index in [4.69, 9.17) is 9.15 Å². The zero-order valence-electron chi connectivity index (χ0n) is 14.9. The number of benzene rings is 1. The molecule has 0 bridgehead atoms. The van der Waals surface area contributed by atoms with Crippen molar-refractivity contribution in [2.24, 2.45) is 0 Å². The first-order chi connectivity index (χ1) is 13.2. The Morgan fingerprint density at radius 2 is 2.15 bits per heavy atom. The number of thioether (sulfide) groups is 1. The molecule has 27 heavy (non-hydrogen) atoms. The lowest BCUT2D eigenvalue weighted by Gasteiger charge is -2.41. The topological polar surface area (TPSA) is 69.7 Å². The largest absolute Gasteiger partial charge is 0.497 e. The van der Waals surface area contributed by atoms with Crippen molar-refractivity contribution >= 4 is 17.7 Å². The van der Waals surface area contributed by atoms with Gasteiger partial charge in [0.2, 0.25) is 5.91 Å². The minimum atomic E-state index is -0.205. The van der Waals surface area contributed by atoms with Crippen LogP contribution in [0.5, 0.6) is 5.75 Å². The minimum absolute atomic E-state index is 0.0430. The van der Waals surface area contributed by atoms with Crippen molar-refractivity contribution in [2.45, 2.75) is 18.9 Å². The number of nitriles is 1. The van der Waals surface area contributed by atoms with Crippen LogP contribution in [0.15, 0.2) is 57.7 Å². The van der Waals surface area contributed by atoms with Gasteiger partial charge in [-0.3, -0.25) is 14.6 Å². The van der Waals surface area contributed by atoms with E-state index >= 15 is 0 Å². The third-order valence-corrected chi connectivity index (χ3v) is 6.04. The quantitative estimate of drug-likeness (QED) is 0.807. The number of hydrogen-bond donors (Lipinski definition) is 0. The van der Waals surface area contributed by atoms with Crippen molar-refractivity contribution in [3.05, 3.63) is 64.6 Å². The van der Waals surface area contributed by atoms with Gasteiger partial charge in [0.25, 0.3) is 0 Å². The molecular formula is C20H19N3O3S. The van der Waals surface area contributed by atoms with Crippen molar-refractivity contribution in [2.75, 3.05) is 19.7 Å². The Kier molecular flexibility index (Phi) is 4.92. The number of furan rings is 1. The molecule has 2 aliphatic rings. The van der Waals surface area contributed by atoms with Crippen molar-refractivity contribution in [1.82, 2.24) is 9.80 Å². The van der Waals surface area contributed by atoms with Gasteiger partial charge in [-0.2, -0.15) is 5.26 Å². The molecule has 1 aromatic carbocycles. The molecule has 1 fully saturated rings. The van der Waals surface area contributed by atoms with Crippen LogP contribution in [0.1, 0.15) is 23.7 Å². The van der Waals surface area contributed by atoms with Crippen LogP contribution in [0.3, 0.4) is 0 Å². The Morgan fingerprint density at radius 1 is 1.33 bits per heavy atom. The maximum Gasteiger partial charge on any atom is 0.229 e. The second-order valence-corrected chi connectivity index (χ2v) is 7.44. The maximum atomic E-state index is 12.8. The van der Waals surface area contributed by atoms with E-state index in [1.807, 2.05) is 36.4 Å². The predicted octanol–water partition coefficient (Wildman–Crippen LogP) is 3.50. The number of ether oxygens (including phenoxy) is 1. The number of fused-ring (bicyclic) bond motifs is 1. The standard InChI is InChI=1S/C20H19N3O3S/c1-25-15-6-4-14(5-7-15)17-9-19(24)23-12-22(11-16-3-2-8-26-16)13-27-20(23)18(17)10-21/h2-8,17H,9,11-13H2,1H3/t17-/m0/s1. The number of nitrogens with zero attached hydrogens (tertiary/aromatic N) is 3. The number of allylic oxidation sites excluding steroid dienone is 1. The highest BCUT2D eigenvalue weighted by Gasteiger charge is 2.38. The second kappa shape index (κ2) is 7.51. The zero-order chi connectivity index (χ0) is 18.8. The molecule has 0 spiro atoms. The Hall–Kier alpha value is -2.69. The van der Waals surface area contributed by atoms with Crippen molar-refractivity contribution in [3.63, 3.8) is 0 Å². The van der Waals surface area contributed by atoms with Gasteiger partial charge in [-0.15, -0.1) is 0 Å². The fraction of sp³-hybridized carbons (Fsp3) is 0.300. The lowest BCUT2D eigenvalue weighted by Crippen LogP contribution is -2.46. The summed E-state index contributed by atoms with van der Waals surface area (Å²) in [6.45, 7) is 1.11. The monoisotopic (exact) mass is 381 g/mol. The molecule has 2 aromatic rings. The van der Waals surface area contributed by atoms with Crippen molar-refractivity contribution in [3.8, 4) is 11.8 Å². The van der Waals surface area contributed by atoms with Gasteiger partial charge in [-0.25, -0.2) is 0 Å². The number of carbonyl (C=O) groups excluding carboxylic acids is 1. The Balaban J connectivity index is 1.59. The summed E-state index contributed by atoms with van der Waals surface area (Å²) >= 11 is 1.54. The van der Waals surface area contributed by atoms with Crippen molar-refractivity contribution < 1.29 is 13.9 Å². The summed E-state index contributed by atoms with van der Waals surface area (Å²) in [5.74, 6) is 2.17. The summed E-state index contributed by atoms with van der Waals surface area (Å²) in [4.78, 5) is 16.7. The zero-order valence-corrected chi connectivity index (χ0v) is 15.7. The van der Waals surface area contributed by atoms with Crippen LogP contribution in [-0.2, 0) is 11.3 Å². The molecule has 1 amide bonds. The van der Waals surface area contributed by atoms with Crippen LogP contribution in [0.4, 0.5) is 0 Å². The van der Waals surface area contributed by atoms with E-state index in [9.17, 15) is 10.1 Å². The highest BCUT2D eigenvalue weighted by Crippen LogP contribution is 2.42. The van der Waals surface area contributed by atoms with Crippen molar-refractivity contribution in [1.29, 1.82) is 5.26 Å². The van der Waals surface area contributed by atoms with E-state index in [1.165, 1.54) is 0 Å². The molecule has 6 nitrogen and oxygen atoms in total. The molecule has 0 unspecified atom stereocenters. The first-order valence-electron chi connectivity index (χ1n) is 8.65. The fourth-order valence-corrected chi connectivity index (χ4v) is 4.59. The molecular weight excluding hydrogens is 362 g/mol. The highest BCUT2D eigenvalue weighted by atomic mass is 32.2. The van der Waals surface area contributed by atoms with Crippen LogP contribution in [0, 0.1) is 11.3 Å². The molecule has 0 aliphatic carbocycles. The minimum Gasteiger partial charge on any atom is -0.497 e. The maximum absolute atomic E-state index is 12.8. The molecule has 0 radical (unpaired) electrons. The number of carbonyl (C=O) groups is 1. The summed E-state index contributed by atoms with van der Waals surface area (Å²) in [7, 11) is 1.62. The third kappa shape index (κ3) is 3.46. The van der Waals surface area contributed by atoms with Gasteiger partial charge in [0.15, 0.2) is 0 Å². The molecule has 0 saturated carbocycles. The first-order valence-corrected chi connectivity index (χ1v) is 9.64. The molecule has 1 saturated heterocycles. The molecule has 2 aliphatic heterocycles. The molecule has 0 N–H and O–H groups in total. The van der Waals surface area contributed by atoms with Gasteiger partial charge in [0, 0.05) is 12.3 Å². The number of amides is 1. The average Bonchev–Trinajstić information content (AvgIpc) is 3.21. The van der Waals surface area contributed by atoms with E-state index in [-0.39, 0.29) is 11.8 Å². The van der Waals surface area contributed by atoms with E-state index in [0.717, 1.165) is 22.1 Å². The number of rotatable bonds is 4. The molecule has 1 aromatic heterocycles.